The molecule has 1 N–H and O–H groups in total. The van der Waals surface area contributed by atoms with E-state index < -0.39 is 0 Å². The number of aromatic nitrogens is 5. The van der Waals surface area contributed by atoms with E-state index >= 15 is 0 Å². The Morgan fingerprint density at radius 3 is 2.79 bits per heavy atom. The highest BCUT2D eigenvalue weighted by molar-refractivity contribution is 5.42. The number of fused-ring (bicyclic) bond motifs is 1. The number of nitrogens with one attached hydrogen (secondary N) is 1. The van der Waals surface area contributed by atoms with Gasteiger partial charge in [0.15, 0.2) is 5.65 Å². The van der Waals surface area contributed by atoms with E-state index in [0.29, 0.717) is 17.6 Å². The second-order valence-corrected chi connectivity index (χ2v) is 5.48. The lowest BCUT2D eigenvalue weighted by molar-refractivity contribution is 0.356. The summed E-state index contributed by atoms with van der Waals surface area (Å²) in [6.45, 7) is 5.41. The molecule has 0 spiro atoms. The highest BCUT2D eigenvalue weighted by Crippen LogP contribution is 2.12. The van der Waals surface area contributed by atoms with Crippen LogP contribution in [-0.4, -0.2) is 56.8 Å². The van der Waals surface area contributed by atoms with Crippen molar-refractivity contribution in [3.8, 4) is 0 Å². The Kier molecular flexibility index (Phi) is 4.26. The molecule has 19 heavy (non-hydrogen) atoms. The van der Waals surface area contributed by atoms with E-state index in [4.69, 9.17) is 0 Å². The van der Waals surface area contributed by atoms with Crippen LogP contribution in [0.3, 0.4) is 0 Å². The number of likely N-dealkylation sites (N-methyl/N-ethyl adjacent to an activating group) is 1. The minimum atomic E-state index is 0.358. The van der Waals surface area contributed by atoms with E-state index in [1.54, 1.807) is 0 Å². The summed E-state index contributed by atoms with van der Waals surface area (Å²) >= 11 is 0. The third-order valence-electron chi connectivity index (χ3n) is 2.76. The molecule has 0 bridgehead atoms. The van der Waals surface area contributed by atoms with Gasteiger partial charge in [-0.25, -0.2) is 0 Å². The molecule has 2 aromatic rings. The molecule has 0 saturated heterocycles. The normalized spacial score (nSPS) is 13.4. The molecule has 2 aromatic heterocycles. The maximum atomic E-state index is 4.34. The van der Waals surface area contributed by atoms with Crippen molar-refractivity contribution in [3.05, 3.63) is 12.1 Å². The summed E-state index contributed by atoms with van der Waals surface area (Å²) in [6, 6.07) is 4.13. The molecule has 2 rings (SSSR count). The van der Waals surface area contributed by atoms with Gasteiger partial charge in [0.25, 0.3) is 0 Å². The van der Waals surface area contributed by atoms with Crippen LogP contribution in [0.25, 0.3) is 5.65 Å². The highest BCUT2D eigenvalue weighted by Gasteiger charge is 2.13. The Morgan fingerprint density at radius 1 is 1.32 bits per heavy atom. The quantitative estimate of drug-likeness (QED) is 0.835. The first-order valence-electron chi connectivity index (χ1n) is 6.51. The fourth-order valence-corrected chi connectivity index (χ4v) is 2.12. The number of hydrogen-bond donors (Lipinski definition) is 1. The molecular weight excluding hydrogens is 242 g/mol. The molecule has 104 valence electrons. The van der Waals surface area contributed by atoms with Gasteiger partial charge < -0.3 is 10.2 Å². The van der Waals surface area contributed by atoms with Gasteiger partial charge in [-0.1, -0.05) is 13.8 Å². The van der Waals surface area contributed by atoms with Gasteiger partial charge in [-0.3, -0.25) is 0 Å². The molecule has 7 nitrogen and oxygen atoms in total. The summed E-state index contributed by atoms with van der Waals surface area (Å²) in [7, 11) is 4.15. The topological polar surface area (TPSA) is 71.2 Å². The summed E-state index contributed by atoms with van der Waals surface area (Å²) in [4.78, 5) is 2.18. The maximum Gasteiger partial charge on any atom is 0.200 e. The van der Waals surface area contributed by atoms with Gasteiger partial charge in [0.1, 0.15) is 5.82 Å². The second kappa shape index (κ2) is 5.92. The van der Waals surface area contributed by atoms with Crippen LogP contribution in [-0.2, 0) is 0 Å². The monoisotopic (exact) mass is 263 g/mol. The first-order valence-corrected chi connectivity index (χ1v) is 6.51. The predicted molar refractivity (Wildman–Crippen MR) is 74.0 cm³/mol. The van der Waals surface area contributed by atoms with E-state index in [-0.39, 0.29) is 0 Å². The molecule has 1 atom stereocenters. The van der Waals surface area contributed by atoms with Gasteiger partial charge >= 0.3 is 0 Å². The SMILES string of the molecule is CC(C)CC(CN(C)C)Nc1ccc2nnnn2n1. The number of tetrazole rings is 1. The molecule has 7 heteroatoms. The van der Waals surface area contributed by atoms with Gasteiger partial charge in [0.2, 0.25) is 0 Å². The van der Waals surface area contributed by atoms with Crippen molar-refractivity contribution in [2.75, 3.05) is 26.0 Å². The lowest BCUT2D eigenvalue weighted by atomic mass is 10.0. The van der Waals surface area contributed by atoms with E-state index in [2.05, 4.69) is 58.8 Å². The Bertz CT molecular complexity index is 510. The van der Waals surface area contributed by atoms with Crippen molar-refractivity contribution in [3.63, 3.8) is 0 Å². The van der Waals surface area contributed by atoms with Crippen LogP contribution < -0.4 is 5.32 Å². The maximum absolute atomic E-state index is 4.34. The van der Waals surface area contributed by atoms with Crippen LogP contribution in [0, 0.1) is 5.92 Å². The van der Waals surface area contributed by atoms with Gasteiger partial charge in [0, 0.05) is 12.6 Å². The molecule has 0 radical (unpaired) electrons. The number of anilines is 1. The first kappa shape index (κ1) is 13.7. The fraction of sp³-hybridized carbons (Fsp3) is 0.667. The second-order valence-electron chi connectivity index (χ2n) is 5.48. The summed E-state index contributed by atoms with van der Waals surface area (Å²) in [5.41, 5.74) is 0.651. The van der Waals surface area contributed by atoms with Crippen molar-refractivity contribution in [2.24, 2.45) is 5.92 Å². The minimum absolute atomic E-state index is 0.358. The average molecular weight is 263 g/mol. The molecule has 2 heterocycles. The van der Waals surface area contributed by atoms with E-state index in [1.807, 2.05) is 12.1 Å². The molecule has 0 aliphatic heterocycles. The molecular formula is C12H21N7. The molecule has 1 unspecified atom stereocenters. The number of rotatable bonds is 6. The van der Waals surface area contributed by atoms with Gasteiger partial charge in [-0.05, 0) is 49.0 Å². The molecule has 0 aromatic carbocycles. The lowest BCUT2D eigenvalue weighted by Gasteiger charge is -2.24. The largest absolute Gasteiger partial charge is 0.365 e. The summed E-state index contributed by atoms with van der Waals surface area (Å²) in [5, 5.41) is 19.0. The van der Waals surface area contributed by atoms with Crippen LogP contribution in [0.4, 0.5) is 5.82 Å². The van der Waals surface area contributed by atoms with Gasteiger partial charge in [0.05, 0.1) is 0 Å². The summed E-state index contributed by atoms with van der Waals surface area (Å²) < 4.78 is 1.43. The van der Waals surface area contributed by atoms with E-state index in [9.17, 15) is 0 Å². The van der Waals surface area contributed by atoms with Crippen molar-refractivity contribution >= 4 is 11.5 Å². The fourth-order valence-electron chi connectivity index (χ4n) is 2.12. The Morgan fingerprint density at radius 2 is 2.11 bits per heavy atom. The molecule has 0 aliphatic rings. The Balaban J connectivity index is 2.10. The average Bonchev–Trinajstić information content (AvgIpc) is 2.74. The number of nitrogens with zero attached hydrogens (tertiary/aromatic N) is 6. The summed E-state index contributed by atoms with van der Waals surface area (Å²) in [5.74, 6) is 1.43. The van der Waals surface area contributed by atoms with Gasteiger partial charge in [-0.15, -0.1) is 14.8 Å². The molecule has 0 aliphatic carbocycles. The zero-order valence-corrected chi connectivity index (χ0v) is 11.9. The van der Waals surface area contributed by atoms with Crippen LogP contribution in [0.5, 0.6) is 0 Å². The molecule has 0 fully saturated rings. The van der Waals surface area contributed by atoms with Crippen LogP contribution >= 0.6 is 0 Å². The van der Waals surface area contributed by atoms with Crippen molar-refractivity contribution < 1.29 is 0 Å². The third-order valence-corrected chi connectivity index (χ3v) is 2.76. The van der Waals surface area contributed by atoms with Crippen molar-refractivity contribution in [2.45, 2.75) is 26.3 Å². The van der Waals surface area contributed by atoms with E-state index in [1.165, 1.54) is 4.63 Å². The van der Waals surface area contributed by atoms with Crippen LogP contribution in [0.1, 0.15) is 20.3 Å². The first-order chi connectivity index (χ1) is 9.04. The van der Waals surface area contributed by atoms with Gasteiger partial charge in [-0.2, -0.15) is 0 Å². The van der Waals surface area contributed by atoms with Crippen LogP contribution in [0.2, 0.25) is 0 Å². The number of hydrogen-bond acceptors (Lipinski definition) is 6. The van der Waals surface area contributed by atoms with E-state index in [0.717, 1.165) is 18.8 Å². The summed E-state index contributed by atoms with van der Waals surface area (Å²) in [6.07, 6.45) is 1.09. The lowest BCUT2D eigenvalue weighted by Crippen LogP contribution is -2.34. The van der Waals surface area contributed by atoms with Crippen LogP contribution in [0.15, 0.2) is 12.1 Å². The minimum Gasteiger partial charge on any atom is -0.365 e. The zero-order valence-electron chi connectivity index (χ0n) is 11.9. The standard InChI is InChI=1S/C12H21N7/c1-9(2)7-10(8-18(3)4)13-11-5-6-12-14-16-17-19(12)15-11/h5-6,9-10H,7-8H2,1-4H3,(H,13,15). The van der Waals surface area contributed by atoms with Crippen molar-refractivity contribution in [1.82, 2.24) is 30.2 Å². The zero-order chi connectivity index (χ0) is 13.8. The Hall–Kier alpha value is -1.76. The third kappa shape index (κ3) is 3.85. The molecule has 0 amide bonds. The molecule has 0 saturated carbocycles. The predicted octanol–water partition coefficient (Wildman–Crippen LogP) is 0.907. The Labute approximate surface area is 113 Å². The highest BCUT2D eigenvalue weighted by atomic mass is 15.6. The smallest absolute Gasteiger partial charge is 0.200 e. The van der Waals surface area contributed by atoms with Crippen molar-refractivity contribution in [1.29, 1.82) is 0 Å².